The van der Waals surface area contributed by atoms with Crippen LogP contribution in [-0.4, -0.2) is 0 Å². The number of thiocyanates is 1. The Labute approximate surface area is 73.1 Å². The number of nitrogens with zero attached hydrogens (tertiary/aromatic N) is 1. The summed E-state index contributed by atoms with van der Waals surface area (Å²) in [4.78, 5) is 0. The van der Waals surface area contributed by atoms with Crippen LogP contribution in [0.4, 0.5) is 0 Å². The van der Waals surface area contributed by atoms with Gasteiger partial charge in [-0.2, -0.15) is 5.26 Å². The first-order valence-corrected chi connectivity index (χ1v) is 3.72. The number of aryl methyl sites for hydroxylation is 2. The summed E-state index contributed by atoms with van der Waals surface area (Å²) in [7, 11) is 0. The normalized spacial score (nSPS) is 7.45. The molecular formula is C9H11NS. The van der Waals surface area contributed by atoms with E-state index in [0.717, 1.165) is 0 Å². The van der Waals surface area contributed by atoms with Gasteiger partial charge in [0.2, 0.25) is 0 Å². The van der Waals surface area contributed by atoms with E-state index in [0.29, 0.717) is 0 Å². The molecule has 0 fully saturated rings. The van der Waals surface area contributed by atoms with Crippen molar-refractivity contribution in [2.45, 2.75) is 13.8 Å². The summed E-state index contributed by atoms with van der Waals surface area (Å²) >= 11 is 3.09. The predicted molar refractivity (Wildman–Crippen MR) is 50.5 cm³/mol. The van der Waals surface area contributed by atoms with Gasteiger partial charge in [0.15, 0.2) is 0 Å². The smallest absolute Gasteiger partial charge is 0.130 e. The van der Waals surface area contributed by atoms with Crippen LogP contribution in [0.2, 0.25) is 0 Å². The minimum absolute atomic E-state index is 1.33. The molecular weight excluding hydrogens is 154 g/mol. The molecule has 0 bridgehead atoms. The van der Waals surface area contributed by atoms with Crippen molar-refractivity contribution < 1.29 is 0 Å². The number of hydrogen-bond donors (Lipinski definition) is 1. The standard InChI is InChI=1S/C8H10.CHNS/c1-7-3-5-8(2)6-4-7;2-1-3/h3-6H,1-2H3;3H. The quantitative estimate of drug-likeness (QED) is 0.464. The van der Waals surface area contributed by atoms with E-state index in [1.54, 1.807) is 0 Å². The van der Waals surface area contributed by atoms with Crippen molar-refractivity contribution in [1.82, 2.24) is 0 Å². The largest absolute Gasteiger partial charge is 0.185 e. The molecule has 58 valence electrons. The van der Waals surface area contributed by atoms with Gasteiger partial charge in [0, 0.05) is 0 Å². The third kappa shape index (κ3) is 5.50. The van der Waals surface area contributed by atoms with Crippen molar-refractivity contribution in [2.24, 2.45) is 0 Å². The van der Waals surface area contributed by atoms with Gasteiger partial charge in [-0.05, 0) is 13.8 Å². The lowest BCUT2D eigenvalue weighted by Gasteiger charge is -1.90. The average molecular weight is 165 g/mol. The third-order valence-electron chi connectivity index (χ3n) is 1.22. The molecule has 2 heteroatoms. The summed E-state index contributed by atoms with van der Waals surface area (Å²) in [6.45, 7) is 4.19. The monoisotopic (exact) mass is 165 g/mol. The fourth-order valence-electron chi connectivity index (χ4n) is 0.637. The number of thiol groups is 1. The highest BCUT2D eigenvalue weighted by atomic mass is 32.1. The molecule has 11 heavy (non-hydrogen) atoms. The van der Waals surface area contributed by atoms with E-state index < -0.39 is 0 Å². The van der Waals surface area contributed by atoms with Crippen LogP contribution in [0.5, 0.6) is 0 Å². The highest BCUT2D eigenvalue weighted by Gasteiger charge is 1.79. The van der Waals surface area contributed by atoms with Crippen LogP contribution >= 0.6 is 12.6 Å². The number of hydrogen-bond acceptors (Lipinski definition) is 2. The molecule has 0 aliphatic rings. The van der Waals surface area contributed by atoms with E-state index in [2.05, 4.69) is 50.7 Å². The molecule has 0 saturated carbocycles. The van der Waals surface area contributed by atoms with E-state index in [1.165, 1.54) is 16.5 Å². The summed E-state index contributed by atoms with van der Waals surface area (Å²) < 4.78 is 0. The minimum atomic E-state index is 1.33. The second-order valence-corrected chi connectivity index (χ2v) is 2.45. The Morgan fingerprint density at radius 3 is 1.45 bits per heavy atom. The lowest BCUT2D eigenvalue weighted by atomic mass is 10.2. The zero-order valence-corrected chi connectivity index (χ0v) is 7.60. The van der Waals surface area contributed by atoms with Crippen LogP contribution in [0.1, 0.15) is 11.1 Å². The molecule has 0 N–H and O–H groups in total. The molecule has 0 amide bonds. The first-order valence-electron chi connectivity index (χ1n) is 3.27. The molecule has 1 aromatic rings. The fourth-order valence-corrected chi connectivity index (χ4v) is 0.637. The molecule has 0 saturated heterocycles. The summed E-state index contributed by atoms with van der Waals surface area (Å²) in [5.74, 6) is 0. The van der Waals surface area contributed by atoms with Crippen molar-refractivity contribution in [2.75, 3.05) is 0 Å². The Morgan fingerprint density at radius 2 is 1.27 bits per heavy atom. The van der Waals surface area contributed by atoms with Gasteiger partial charge in [-0.1, -0.05) is 48.0 Å². The molecule has 0 aromatic heterocycles. The van der Waals surface area contributed by atoms with Crippen LogP contribution in [0.3, 0.4) is 0 Å². The average Bonchev–Trinajstić information content (AvgIpc) is 1.97. The second kappa shape index (κ2) is 5.82. The summed E-state index contributed by atoms with van der Waals surface area (Å²) in [5, 5.41) is 8.63. The van der Waals surface area contributed by atoms with Crippen LogP contribution < -0.4 is 0 Å². The van der Waals surface area contributed by atoms with E-state index in [1.807, 2.05) is 0 Å². The van der Waals surface area contributed by atoms with Crippen molar-refractivity contribution >= 4 is 12.6 Å². The first-order chi connectivity index (χ1) is 5.20. The molecule has 0 aliphatic carbocycles. The summed E-state index contributed by atoms with van der Waals surface area (Å²) in [6.07, 6.45) is 0. The maximum Gasteiger partial charge on any atom is 0.130 e. The van der Waals surface area contributed by atoms with Gasteiger partial charge in [-0.3, -0.25) is 0 Å². The van der Waals surface area contributed by atoms with Crippen LogP contribution in [0, 0.1) is 24.5 Å². The Hall–Kier alpha value is -0.940. The highest BCUT2D eigenvalue weighted by Crippen LogP contribution is 1.99. The van der Waals surface area contributed by atoms with E-state index >= 15 is 0 Å². The zero-order valence-electron chi connectivity index (χ0n) is 6.70. The van der Waals surface area contributed by atoms with Crippen molar-refractivity contribution in [1.29, 1.82) is 5.26 Å². The molecule has 0 atom stereocenters. The van der Waals surface area contributed by atoms with Gasteiger partial charge < -0.3 is 0 Å². The van der Waals surface area contributed by atoms with E-state index in [9.17, 15) is 0 Å². The minimum Gasteiger partial charge on any atom is -0.185 e. The van der Waals surface area contributed by atoms with Gasteiger partial charge in [0.1, 0.15) is 5.40 Å². The predicted octanol–water partition coefficient (Wildman–Crippen LogP) is 2.70. The van der Waals surface area contributed by atoms with Gasteiger partial charge in [-0.15, -0.1) is 0 Å². The molecule has 1 aromatic carbocycles. The first kappa shape index (κ1) is 10.1. The number of benzene rings is 1. The molecule has 0 heterocycles. The Morgan fingerprint density at radius 1 is 1.09 bits per heavy atom. The molecule has 0 spiro atoms. The van der Waals surface area contributed by atoms with Gasteiger partial charge in [0.05, 0.1) is 0 Å². The zero-order chi connectivity index (χ0) is 8.69. The second-order valence-electron chi connectivity index (χ2n) is 2.25. The summed E-state index contributed by atoms with van der Waals surface area (Å²) in [6, 6.07) is 8.48. The lowest BCUT2D eigenvalue weighted by molar-refractivity contribution is 1.40. The van der Waals surface area contributed by atoms with E-state index in [4.69, 9.17) is 5.26 Å². The third-order valence-corrected chi connectivity index (χ3v) is 1.22. The SMILES string of the molecule is Cc1ccc(C)cc1.N#CS. The Bertz CT molecular complexity index is 212. The van der Waals surface area contributed by atoms with Crippen molar-refractivity contribution in [3.63, 3.8) is 0 Å². The molecule has 0 radical (unpaired) electrons. The van der Waals surface area contributed by atoms with Gasteiger partial charge in [-0.25, -0.2) is 0 Å². The topological polar surface area (TPSA) is 23.8 Å². The summed E-state index contributed by atoms with van der Waals surface area (Å²) in [5.41, 5.74) is 2.66. The molecule has 1 nitrogen and oxygen atoms in total. The maximum absolute atomic E-state index is 7.18. The lowest BCUT2D eigenvalue weighted by Crippen LogP contribution is -1.70. The maximum atomic E-state index is 7.18. The van der Waals surface area contributed by atoms with Crippen molar-refractivity contribution in [3.8, 4) is 5.40 Å². The number of rotatable bonds is 0. The van der Waals surface area contributed by atoms with Crippen molar-refractivity contribution in [3.05, 3.63) is 35.4 Å². The molecule has 0 unspecified atom stereocenters. The molecule has 1 rings (SSSR count). The van der Waals surface area contributed by atoms with E-state index in [-0.39, 0.29) is 0 Å². The number of nitriles is 1. The Kier molecular flexibility index (Phi) is 5.32. The highest BCUT2D eigenvalue weighted by molar-refractivity contribution is 7.85. The van der Waals surface area contributed by atoms with Gasteiger partial charge >= 0.3 is 0 Å². The molecule has 0 aliphatic heterocycles. The van der Waals surface area contributed by atoms with Gasteiger partial charge in [0.25, 0.3) is 0 Å². The Balaban J connectivity index is 0.000000292. The van der Waals surface area contributed by atoms with Crippen LogP contribution in [0.15, 0.2) is 24.3 Å². The van der Waals surface area contributed by atoms with Crippen LogP contribution in [0.25, 0.3) is 0 Å². The fraction of sp³-hybridized carbons (Fsp3) is 0.222. The van der Waals surface area contributed by atoms with Crippen LogP contribution in [-0.2, 0) is 0 Å².